The van der Waals surface area contributed by atoms with E-state index in [9.17, 15) is 13.5 Å². The Morgan fingerprint density at radius 1 is 1.28 bits per heavy atom. The van der Waals surface area contributed by atoms with E-state index in [-0.39, 0.29) is 6.54 Å². The molecule has 1 saturated carbocycles. The monoisotopic (exact) mass is 276 g/mol. The van der Waals surface area contributed by atoms with Crippen LogP contribution in [0, 0.1) is 17.8 Å². The first kappa shape index (κ1) is 14.2. The van der Waals surface area contributed by atoms with Gasteiger partial charge in [0.05, 0.1) is 6.10 Å². The van der Waals surface area contributed by atoms with Gasteiger partial charge >= 0.3 is 0 Å². The lowest BCUT2D eigenvalue weighted by Gasteiger charge is -2.34. The Morgan fingerprint density at radius 2 is 1.83 bits per heavy atom. The van der Waals surface area contributed by atoms with Crippen LogP contribution < -0.4 is 4.72 Å². The zero-order chi connectivity index (χ0) is 13.3. The molecule has 3 unspecified atom stereocenters. The molecule has 0 spiro atoms. The number of nitrogens with one attached hydrogen (secondary N) is 1. The third-order valence-electron chi connectivity index (χ3n) is 3.82. The molecule has 1 saturated heterocycles. The second kappa shape index (κ2) is 5.45. The minimum absolute atomic E-state index is 0.145. The van der Waals surface area contributed by atoms with Gasteiger partial charge in [-0.3, -0.25) is 0 Å². The van der Waals surface area contributed by atoms with Gasteiger partial charge in [-0.25, -0.2) is 0 Å². The van der Waals surface area contributed by atoms with Crippen LogP contribution in [0.15, 0.2) is 0 Å². The predicted molar refractivity (Wildman–Crippen MR) is 70.2 cm³/mol. The van der Waals surface area contributed by atoms with Crippen molar-refractivity contribution in [3.63, 3.8) is 0 Å². The molecule has 0 aromatic carbocycles. The average molecular weight is 276 g/mol. The molecule has 0 bridgehead atoms. The predicted octanol–water partition coefficient (Wildman–Crippen LogP) is 0.570. The van der Waals surface area contributed by atoms with Crippen molar-refractivity contribution in [2.24, 2.45) is 17.8 Å². The van der Waals surface area contributed by atoms with E-state index >= 15 is 0 Å². The van der Waals surface area contributed by atoms with Gasteiger partial charge in [-0.2, -0.15) is 17.4 Å². The summed E-state index contributed by atoms with van der Waals surface area (Å²) in [4.78, 5) is 0. The van der Waals surface area contributed by atoms with Crippen molar-refractivity contribution in [1.29, 1.82) is 0 Å². The summed E-state index contributed by atoms with van der Waals surface area (Å²) in [5, 5.41) is 9.71. The van der Waals surface area contributed by atoms with E-state index in [1.807, 2.05) is 0 Å². The van der Waals surface area contributed by atoms with E-state index in [1.165, 1.54) is 4.31 Å². The summed E-state index contributed by atoms with van der Waals surface area (Å²) in [5.41, 5.74) is 0. The molecule has 2 fully saturated rings. The summed E-state index contributed by atoms with van der Waals surface area (Å²) in [6.07, 6.45) is 2.58. The van der Waals surface area contributed by atoms with Gasteiger partial charge in [-0.15, -0.1) is 0 Å². The minimum atomic E-state index is -3.43. The first-order valence-corrected chi connectivity index (χ1v) is 8.25. The molecule has 5 nitrogen and oxygen atoms in total. The molecule has 1 heterocycles. The topological polar surface area (TPSA) is 69.6 Å². The number of hydrogen-bond acceptors (Lipinski definition) is 3. The lowest BCUT2D eigenvalue weighted by molar-refractivity contribution is 0.153. The van der Waals surface area contributed by atoms with Crippen LogP contribution >= 0.6 is 0 Å². The molecule has 6 heteroatoms. The van der Waals surface area contributed by atoms with E-state index in [0.717, 1.165) is 19.3 Å². The van der Waals surface area contributed by atoms with Crippen LogP contribution in [-0.2, 0) is 10.2 Å². The number of hydrogen-bond donors (Lipinski definition) is 2. The molecule has 3 atom stereocenters. The van der Waals surface area contributed by atoms with Crippen molar-refractivity contribution in [2.45, 2.75) is 39.2 Å². The number of aliphatic hydroxyl groups is 1. The maximum absolute atomic E-state index is 12.1. The second-order valence-corrected chi connectivity index (χ2v) is 7.78. The SMILES string of the molecule is CC1CC(C)CN(S(=O)(=O)NCC(O)C2CC2)C1. The van der Waals surface area contributed by atoms with Crippen molar-refractivity contribution in [2.75, 3.05) is 19.6 Å². The lowest BCUT2D eigenvalue weighted by Crippen LogP contribution is -2.49. The summed E-state index contributed by atoms with van der Waals surface area (Å²) in [5.74, 6) is 1.10. The quantitative estimate of drug-likeness (QED) is 0.771. The molecular formula is C12H24N2O3S. The van der Waals surface area contributed by atoms with Crippen molar-refractivity contribution in [1.82, 2.24) is 9.03 Å². The highest BCUT2D eigenvalue weighted by atomic mass is 32.2. The Labute approximate surface area is 110 Å². The zero-order valence-electron chi connectivity index (χ0n) is 11.2. The molecule has 2 N–H and O–H groups in total. The molecule has 18 heavy (non-hydrogen) atoms. The molecule has 0 aromatic rings. The highest BCUT2D eigenvalue weighted by molar-refractivity contribution is 7.87. The first-order chi connectivity index (χ1) is 8.38. The Hall–Kier alpha value is -0.170. The minimum Gasteiger partial charge on any atom is -0.391 e. The van der Waals surface area contributed by atoms with E-state index in [2.05, 4.69) is 18.6 Å². The highest BCUT2D eigenvalue weighted by Gasteiger charge is 2.33. The Bertz CT molecular complexity index is 371. The van der Waals surface area contributed by atoms with Crippen molar-refractivity contribution < 1.29 is 13.5 Å². The smallest absolute Gasteiger partial charge is 0.279 e. The Kier molecular flexibility index (Phi) is 4.31. The van der Waals surface area contributed by atoms with Gasteiger partial charge in [0.2, 0.25) is 0 Å². The van der Waals surface area contributed by atoms with E-state index in [4.69, 9.17) is 0 Å². The molecule has 0 radical (unpaired) electrons. The van der Waals surface area contributed by atoms with Gasteiger partial charge in [0.15, 0.2) is 0 Å². The zero-order valence-corrected chi connectivity index (χ0v) is 12.0. The molecular weight excluding hydrogens is 252 g/mol. The van der Waals surface area contributed by atoms with Crippen LogP contribution in [0.25, 0.3) is 0 Å². The molecule has 1 aliphatic carbocycles. The fourth-order valence-electron chi connectivity index (χ4n) is 2.73. The van der Waals surface area contributed by atoms with Crippen molar-refractivity contribution >= 4 is 10.2 Å². The first-order valence-electron chi connectivity index (χ1n) is 6.81. The maximum atomic E-state index is 12.1. The summed E-state index contributed by atoms with van der Waals surface area (Å²) < 4.78 is 28.3. The molecule has 1 aliphatic heterocycles. The van der Waals surface area contributed by atoms with Crippen LogP contribution in [0.1, 0.15) is 33.1 Å². The normalized spacial score (nSPS) is 32.4. The summed E-state index contributed by atoms with van der Waals surface area (Å²) in [7, 11) is -3.43. The molecule has 0 amide bonds. The summed E-state index contributed by atoms with van der Waals surface area (Å²) in [6.45, 7) is 5.47. The number of piperidine rings is 1. The fraction of sp³-hybridized carbons (Fsp3) is 1.00. The lowest BCUT2D eigenvalue weighted by atomic mass is 9.94. The maximum Gasteiger partial charge on any atom is 0.279 e. The number of rotatable bonds is 5. The summed E-state index contributed by atoms with van der Waals surface area (Å²) in [6, 6.07) is 0. The standard InChI is InChI=1S/C12H24N2O3S/c1-9-5-10(2)8-14(7-9)18(16,17)13-6-12(15)11-3-4-11/h9-13,15H,3-8H2,1-2H3. The third-order valence-corrected chi connectivity index (χ3v) is 5.33. The van der Waals surface area contributed by atoms with Crippen LogP contribution in [-0.4, -0.2) is 43.6 Å². The van der Waals surface area contributed by atoms with Gasteiger partial charge in [0.25, 0.3) is 10.2 Å². The number of nitrogens with zero attached hydrogens (tertiary/aromatic N) is 1. The van der Waals surface area contributed by atoms with Crippen LogP contribution in [0.3, 0.4) is 0 Å². The second-order valence-electron chi connectivity index (χ2n) is 6.02. The number of aliphatic hydroxyl groups excluding tert-OH is 1. The molecule has 2 rings (SSSR count). The Balaban J connectivity index is 1.88. The van der Waals surface area contributed by atoms with E-state index in [1.54, 1.807) is 0 Å². The molecule has 106 valence electrons. The van der Waals surface area contributed by atoms with Gasteiger partial charge in [-0.1, -0.05) is 13.8 Å². The Morgan fingerprint density at radius 3 is 2.33 bits per heavy atom. The third kappa shape index (κ3) is 3.66. The van der Waals surface area contributed by atoms with E-state index in [0.29, 0.717) is 30.8 Å². The van der Waals surface area contributed by atoms with Crippen LogP contribution in [0.5, 0.6) is 0 Å². The van der Waals surface area contributed by atoms with Gasteiger partial charge in [0, 0.05) is 19.6 Å². The highest BCUT2D eigenvalue weighted by Crippen LogP contribution is 2.32. The van der Waals surface area contributed by atoms with Gasteiger partial charge < -0.3 is 5.11 Å². The van der Waals surface area contributed by atoms with Crippen molar-refractivity contribution in [3.8, 4) is 0 Å². The fourth-order valence-corrected chi connectivity index (χ4v) is 4.20. The molecule has 0 aromatic heterocycles. The van der Waals surface area contributed by atoms with E-state index < -0.39 is 16.3 Å². The van der Waals surface area contributed by atoms with Gasteiger partial charge in [0.1, 0.15) is 0 Å². The largest absolute Gasteiger partial charge is 0.391 e. The van der Waals surface area contributed by atoms with Crippen LogP contribution in [0.2, 0.25) is 0 Å². The van der Waals surface area contributed by atoms with Crippen molar-refractivity contribution in [3.05, 3.63) is 0 Å². The van der Waals surface area contributed by atoms with Gasteiger partial charge in [-0.05, 0) is 37.0 Å². The van der Waals surface area contributed by atoms with Crippen LogP contribution in [0.4, 0.5) is 0 Å². The molecule has 2 aliphatic rings. The summed E-state index contributed by atoms with van der Waals surface area (Å²) >= 11 is 0. The average Bonchev–Trinajstić information content (AvgIpc) is 3.08.